The molecule has 124 valence electrons. The summed E-state index contributed by atoms with van der Waals surface area (Å²) in [5.74, 6) is 0.512. The molecule has 2 N–H and O–H groups in total. The van der Waals surface area contributed by atoms with Crippen molar-refractivity contribution in [3.8, 4) is 0 Å². The molecule has 3 atom stereocenters. The largest absolute Gasteiger partial charge is 0.377 e. The van der Waals surface area contributed by atoms with E-state index >= 15 is 0 Å². The van der Waals surface area contributed by atoms with Gasteiger partial charge in [-0.15, -0.1) is 0 Å². The van der Waals surface area contributed by atoms with Gasteiger partial charge in [-0.1, -0.05) is 13.8 Å². The Bertz CT molecular complexity index is 441. The maximum absolute atomic E-state index is 12.3. The summed E-state index contributed by atoms with van der Waals surface area (Å²) in [5, 5.41) is 6.43. The Morgan fingerprint density at radius 3 is 2.50 bits per heavy atom. The Morgan fingerprint density at radius 2 is 1.82 bits per heavy atom. The van der Waals surface area contributed by atoms with Gasteiger partial charge in [0, 0.05) is 49.2 Å². The maximum atomic E-state index is 12.3. The van der Waals surface area contributed by atoms with Gasteiger partial charge in [0.05, 0.1) is 6.10 Å². The first-order chi connectivity index (χ1) is 10.6. The molecule has 2 aliphatic heterocycles. The zero-order chi connectivity index (χ0) is 15.3. The van der Waals surface area contributed by atoms with Gasteiger partial charge < -0.3 is 20.3 Å². The number of fused-ring (bicyclic) bond motifs is 1. The molecular formula is C17H29N3O2. The van der Waals surface area contributed by atoms with Crippen LogP contribution in [0.5, 0.6) is 0 Å². The maximum Gasteiger partial charge on any atom is 0.315 e. The summed E-state index contributed by atoms with van der Waals surface area (Å²) in [6.07, 6.45) is 6.35. The van der Waals surface area contributed by atoms with Crippen LogP contribution in [0, 0.1) is 11.3 Å². The van der Waals surface area contributed by atoms with Crippen LogP contribution in [0.4, 0.5) is 4.79 Å². The third kappa shape index (κ3) is 2.52. The van der Waals surface area contributed by atoms with Gasteiger partial charge in [-0.2, -0.15) is 0 Å². The number of carbonyl (C=O) groups excluding carboxylic acids is 1. The second-order valence-corrected chi connectivity index (χ2v) is 8.20. The lowest BCUT2D eigenvalue weighted by molar-refractivity contribution is -0.108. The summed E-state index contributed by atoms with van der Waals surface area (Å²) in [6.45, 7) is 7.54. The van der Waals surface area contributed by atoms with Crippen molar-refractivity contribution in [2.24, 2.45) is 11.3 Å². The molecule has 0 aromatic rings. The fourth-order valence-corrected chi connectivity index (χ4v) is 4.83. The van der Waals surface area contributed by atoms with Crippen LogP contribution < -0.4 is 10.6 Å². The van der Waals surface area contributed by atoms with E-state index in [-0.39, 0.29) is 17.5 Å². The molecule has 5 heteroatoms. The van der Waals surface area contributed by atoms with Crippen LogP contribution in [0.3, 0.4) is 0 Å². The second kappa shape index (κ2) is 5.38. The standard InChI is InChI=1S/C17H29N3O2/c1-17(2)14(13-7-10-22-15(13)17)19-16(21)18-11-5-8-20(9-6-11)12-3-4-12/h11-15H,3-10H2,1-2H3,(H2,18,19,21)/t13-,14-,15+/m1/s1. The van der Waals surface area contributed by atoms with Crippen molar-refractivity contribution in [2.75, 3.05) is 19.7 Å². The van der Waals surface area contributed by atoms with E-state index in [1.54, 1.807) is 0 Å². The van der Waals surface area contributed by atoms with Crippen LogP contribution in [0.15, 0.2) is 0 Å². The van der Waals surface area contributed by atoms with Gasteiger partial charge in [-0.05, 0) is 32.1 Å². The number of nitrogens with one attached hydrogen (secondary N) is 2. The van der Waals surface area contributed by atoms with E-state index in [1.807, 2.05) is 0 Å². The van der Waals surface area contributed by atoms with Gasteiger partial charge in [0.2, 0.25) is 0 Å². The molecular weight excluding hydrogens is 278 g/mol. The summed E-state index contributed by atoms with van der Waals surface area (Å²) >= 11 is 0. The predicted octanol–water partition coefficient (Wildman–Crippen LogP) is 1.73. The molecule has 2 saturated carbocycles. The molecule has 0 bridgehead atoms. The van der Waals surface area contributed by atoms with Crippen molar-refractivity contribution in [2.45, 2.75) is 70.2 Å². The van der Waals surface area contributed by atoms with E-state index in [4.69, 9.17) is 4.74 Å². The Hall–Kier alpha value is -0.810. The molecule has 22 heavy (non-hydrogen) atoms. The molecule has 2 saturated heterocycles. The summed E-state index contributed by atoms with van der Waals surface area (Å²) in [5.41, 5.74) is 0.0633. The van der Waals surface area contributed by atoms with Crippen LogP contribution in [0.25, 0.3) is 0 Å². The molecule has 0 aromatic heterocycles. The molecule has 4 aliphatic rings. The Morgan fingerprint density at radius 1 is 1.09 bits per heavy atom. The Balaban J connectivity index is 1.25. The van der Waals surface area contributed by atoms with E-state index in [1.165, 1.54) is 12.8 Å². The van der Waals surface area contributed by atoms with E-state index in [2.05, 4.69) is 29.4 Å². The van der Waals surface area contributed by atoms with Crippen molar-refractivity contribution in [3.05, 3.63) is 0 Å². The summed E-state index contributed by atoms with van der Waals surface area (Å²) < 4.78 is 5.79. The van der Waals surface area contributed by atoms with Crippen molar-refractivity contribution in [1.82, 2.24) is 15.5 Å². The highest BCUT2D eigenvalue weighted by Gasteiger charge is 2.59. The van der Waals surface area contributed by atoms with Crippen molar-refractivity contribution in [1.29, 1.82) is 0 Å². The van der Waals surface area contributed by atoms with Gasteiger partial charge in [0.25, 0.3) is 0 Å². The normalized spacial score (nSPS) is 38.2. The number of piperidine rings is 1. The van der Waals surface area contributed by atoms with Crippen molar-refractivity contribution in [3.63, 3.8) is 0 Å². The highest BCUT2D eigenvalue weighted by molar-refractivity contribution is 5.75. The fraction of sp³-hybridized carbons (Fsp3) is 0.941. The van der Waals surface area contributed by atoms with Crippen LogP contribution in [0.1, 0.15) is 46.0 Å². The Kier molecular flexibility index (Phi) is 3.61. The van der Waals surface area contributed by atoms with Crippen molar-refractivity contribution >= 4 is 6.03 Å². The molecule has 0 radical (unpaired) electrons. The number of hydrogen-bond donors (Lipinski definition) is 2. The Labute approximate surface area is 133 Å². The van der Waals surface area contributed by atoms with Gasteiger partial charge in [-0.25, -0.2) is 4.79 Å². The number of rotatable bonds is 3. The van der Waals surface area contributed by atoms with Gasteiger partial charge >= 0.3 is 6.03 Å². The third-order valence-corrected chi connectivity index (χ3v) is 6.32. The van der Waals surface area contributed by atoms with Crippen LogP contribution in [0.2, 0.25) is 0 Å². The second-order valence-electron chi connectivity index (χ2n) is 8.20. The summed E-state index contributed by atoms with van der Waals surface area (Å²) in [4.78, 5) is 14.9. The van der Waals surface area contributed by atoms with Gasteiger partial charge in [-0.3, -0.25) is 0 Å². The number of nitrogens with zero attached hydrogens (tertiary/aromatic N) is 1. The minimum absolute atomic E-state index is 0.0216. The molecule has 0 aromatic carbocycles. The molecule has 4 rings (SSSR count). The predicted molar refractivity (Wildman–Crippen MR) is 84.7 cm³/mol. The van der Waals surface area contributed by atoms with Crippen LogP contribution in [-0.4, -0.2) is 54.9 Å². The molecule has 4 fully saturated rings. The highest BCUT2D eigenvalue weighted by Crippen LogP contribution is 2.52. The topological polar surface area (TPSA) is 53.6 Å². The number of amides is 2. The van der Waals surface area contributed by atoms with Crippen molar-refractivity contribution < 1.29 is 9.53 Å². The minimum Gasteiger partial charge on any atom is -0.377 e. The van der Waals surface area contributed by atoms with E-state index in [0.29, 0.717) is 18.1 Å². The molecule has 0 unspecified atom stereocenters. The molecule has 2 heterocycles. The quantitative estimate of drug-likeness (QED) is 0.835. The number of urea groups is 1. The summed E-state index contributed by atoms with van der Waals surface area (Å²) in [7, 11) is 0. The first-order valence-electron chi connectivity index (χ1n) is 8.98. The minimum atomic E-state index is 0.0216. The lowest BCUT2D eigenvalue weighted by atomic mass is 9.57. The van der Waals surface area contributed by atoms with E-state index in [0.717, 1.165) is 45.0 Å². The smallest absolute Gasteiger partial charge is 0.315 e. The van der Waals surface area contributed by atoms with Crippen LogP contribution in [-0.2, 0) is 4.74 Å². The first kappa shape index (κ1) is 14.8. The molecule has 2 aliphatic carbocycles. The van der Waals surface area contributed by atoms with Gasteiger partial charge in [0.1, 0.15) is 0 Å². The van der Waals surface area contributed by atoms with E-state index in [9.17, 15) is 4.79 Å². The van der Waals surface area contributed by atoms with Gasteiger partial charge in [0.15, 0.2) is 0 Å². The lowest BCUT2D eigenvalue weighted by Crippen LogP contribution is -2.68. The zero-order valence-corrected chi connectivity index (χ0v) is 13.8. The van der Waals surface area contributed by atoms with E-state index < -0.39 is 0 Å². The highest BCUT2D eigenvalue weighted by atomic mass is 16.5. The number of likely N-dealkylation sites (tertiary alicyclic amines) is 1. The van der Waals surface area contributed by atoms with Crippen LogP contribution >= 0.6 is 0 Å². The monoisotopic (exact) mass is 307 g/mol. The molecule has 0 spiro atoms. The summed E-state index contributed by atoms with van der Waals surface area (Å²) in [6, 6.07) is 1.47. The number of carbonyl (C=O) groups is 1. The number of hydrogen-bond acceptors (Lipinski definition) is 3. The average molecular weight is 307 g/mol. The third-order valence-electron chi connectivity index (χ3n) is 6.32. The first-order valence-corrected chi connectivity index (χ1v) is 8.98. The zero-order valence-electron chi connectivity index (χ0n) is 13.8. The lowest BCUT2D eigenvalue weighted by Gasteiger charge is -2.54. The average Bonchev–Trinajstić information content (AvgIpc) is 3.24. The fourth-order valence-electron chi connectivity index (χ4n) is 4.83. The molecule has 5 nitrogen and oxygen atoms in total. The number of ether oxygens (including phenoxy) is 1. The SMILES string of the molecule is CC1(C)[C@H](NC(=O)NC2CCN(C3CC3)CC2)[C@H]2CCO[C@@H]21. The molecule has 2 amide bonds.